The Bertz CT molecular complexity index is 399. The summed E-state index contributed by atoms with van der Waals surface area (Å²) in [6, 6.07) is -0.755. The van der Waals surface area contributed by atoms with Gasteiger partial charge in [0.2, 0.25) is 5.91 Å². The number of carboxylic acid groups (broad SMARTS) is 1. The third kappa shape index (κ3) is 2.43. The first-order valence-electron chi connectivity index (χ1n) is 7.95. The monoisotopic (exact) mass is 280 g/mol. The maximum absolute atomic E-state index is 12.8. The summed E-state index contributed by atoms with van der Waals surface area (Å²) >= 11 is 0. The van der Waals surface area contributed by atoms with Gasteiger partial charge >= 0.3 is 5.97 Å². The molecule has 0 spiro atoms. The first-order chi connectivity index (χ1) is 9.68. The smallest absolute Gasteiger partial charge is 0.326 e. The van der Waals surface area contributed by atoms with Gasteiger partial charge in [-0.05, 0) is 44.1 Å². The number of carboxylic acids is 1. The molecule has 2 heterocycles. The van der Waals surface area contributed by atoms with Crippen LogP contribution in [0.4, 0.5) is 0 Å². The molecule has 4 atom stereocenters. The van der Waals surface area contributed by atoms with Crippen LogP contribution in [0.25, 0.3) is 0 Å². The molecule has 1 aliphatic carbocycles. The first kappa shape index (κ1) is 13.9. The van der Waals surface area contributed by atoms with E-state index in [9.17, 15) is 14.7 Å². The number of likely N-dealkylation sites (tertiary alicyclic amines) is 1. The van der Waals surface area contributed by atoms with E-state index in [-0.39, 0.29) is 11.9 Å². The molecular weight excluding hydrogens is 256 g/mol. The van der Waals surface area contributed by atoms with Gasteiger partial charge < -0.3 is 15.3 Å². The number of carbonyl (C=O) groups is 2. The molecule has 3 fully saturated rings. The summed E-state index contributed by atoms with van der Waals surface area (Å²) in [5.74, 6) is 0.245. The summed E-state index contributed by atoms with van der Waals surface area (Å²) in [5, 5.41) is 12.7. The second-order valence-electron chi connectivity index (χ2n) is 6.48. The van der Waals surface area contributed by atoms with Gasteiger partial charge in [0.25, 0.3) is 0 Å². The Morgan fingerprint density at radius 3 is 2.70 bits per heavy atom. The Hall–Kier alpha value is -1.10. The van der Waals surface area contributed by atoms with Gasteiger partial charge in [-0.1, -0.05) is 19.3 Å². The second-order valence-corrected chi connectivity index (χ2v) is 6.48. The van der Waals surface area contributed by atoms with Gasteiger partial charge in [-0.15, -0.1) is 0 Å². The van der Waals surface area contributed by atoms with Crippen molar-refractivity contribution in [2.24, 2.45) is 11.8 Å². The van der Waals surface area contributed by atoms with E-state index in [0.717, 1.165) is 32.2 Å². The van der Waals surface area contributed by atoms with Gasteiger partial charge in [-0.25, -0.2) is 4.79 Å². The molecule has 5 heteroatoms. The number of aliphatic carboxylic acids is 1. The van der Waals surface area contributed by atoms with Crippen molar-refractivity contribution in [2.75, 3.05) is 13.1 Å². The van der Waals surface area contributed by atoms with Gasteiger partial charge in [0, 0.05) is 6.54 Å². The predicted octanol–water partition coefficient (Wildman–Crippen LogP) is 1.23. The number of rotatable bonds is 2. The zero-order chi connectivity index (χ0) is 14.1. The molecule has 0 radical (unpaired) electrons. The van der Waals surface area contributed by atoms with Crippen molar-refractivity contribution < 1.29 is 14.7 Å². The van der Waals surface area contributed by atoms with Crippen molar-refractivity contribution in [1.29, 1.82) is 0 Å². The lowest BCUT2D eigenvalue weighted by atomic mass is 9.93. The summed E-state index contributed by atoms with van der Waals surface area (Å²) in [7, 11) is 0. The Balaban J connectivity index is 1.75. The fourth-order valence-corrected chi connectivity index (χ4v) is 4.27. The number of amides is 1. The number of fused-ring (bicyclic) bond motifs is 1. The summed E-state index contributed by atoms with van der Waals surface area (Å²) < 4.78 is 0. The number of nitrogens with zero attached hydrogens (tertiary/aromatic N) is 1. The summed E-state index contributed by atoms with van der Waals surface area (Å²) in [6.45, 7) is 1.53. The molecule has 5 nitrogen and oxygen atoms in total. The van der Waals surface area contributed by atoms with Crippen molar-refractivity contribution in [3.63, 3.8) is 0 Å². The largest absolute Gasteiger partial charge is 0.480 e. The average Bonchev–Trinajstić information content (AvgIpc) is 2.93. The number of hydrogen-bond acceptors (Lipinski definition) is 3. The van der Waals surface area contributed by atoms with Crippen molar-refractivity contribution in [1.82, 2.24) is 10.2 Å². The maximum atomic E-state index is 12.8. The fraction of sp³-hybridized carbons (Fsp3) is 0.867. The minimum atomic E-state index is -0.846. The Labute approximate surface area is 119 Å². The van der Waals surface area contributed by atoms with Crippen LogP contribution in [0.15, 0.2) is 0 Å². The molecule has 112 valence electrons. The molecule has 4 unspecified atom stereocenters. The van der Waals surface area contributed by atoms with Gasteiger partial charge in [-0.2, -0.15) is 0 Å². The third-order valence-corrected chi connectivity index (χ3v) is 5.33. The van der Waals surface area contributed by atoms with Crippen LogP contribution >= 0.6 is 0 Å². The zero-order valence-corrected chi connectivity index (χ0v) is 11.9. The van der Waals surface area contributed by atoms with Gasteiger partial charge in [0.15, 0.2) is 0 Å². The van der Waals surface area contributed by atoms with E-state index in [0.29, 0.717) is 24.8 Å². The van der Waals surface area contributed by atoms with E-state index >= 15 is 0 Å². The summed E-state index contributed by atoms with van der Waals surface area (Å²) in [4.78, 5) is 25.9. The predicted molar refractivity (Wildman–Crippen MR) is 74.2 cm³/mol. The van der Waals surface area contributed by atoms with E-state index in [1.807, 2.05) is 0 Å². The highest BCUT2D eigenvalue weighted by Crippen LogP contribution is 2.38. The standard InChI is InChI=1S/C15H24N2O3/c18-14(13-11-6-4-5-10(11)9-16-13)17-8-3-1-2-7-12(17)15(19)20/h10-13,16H,1-9H2,(H,19,20). The highest BCUT2D eigenvalue weighted by molar-refractivity contribution is 5.87. The average molecular weight is 280 g/mol. The molecule has 0 aromatic carbocycles. The Morgan fingerprint density at radius 1 is 1.05 bits per heavy atom. The maximum Gasteiger partial charge on any atom is 0.326 e. The third-order valence-electron chi connectivity index (χ3n) is 5.33. The lowest BCUT2D eigenvalue weighted by Crippen LogP contribution is -2.52. The molecule has 2 saturated heterocycles. The Kier molecular flexibility index (Phi) is 3.96. The Morgan fingerprint density at radius 2 is 1.90 bits per heavy atom. The van der Waals surface area contributed by atoms with Gasteiger partial charge in [0.1, 0.15) is 6.04 Å². The van der Waals surface area contributed by atoms with E-state index in [1.54, 1.807) is 4.90 Å². The normalized spacial score (nSPS) is 37.5. The quantitative estimate of drug-likeness (QED) is 0.798. The molecule has 2 N–H and O–H groups in total. The van der Waals surface area contributed by atoms with E-state index < -0.39 is 12.0 Å². The van der Waals surface area contributed by atoms with Crippen molar-refractivity contribution in [3.05, 3.63) is 0 Å². The topological polar surface area (TPSA) is 69.6 Å². The first-order valence-corrected chi connectivity index (χ1v) is 7.95. The SMILES string of the molecule is O=C(O)C1CCCCCN1C(=O)C1NCC2CCCC21. The van der Waals surface area contributed by atoms with Crippen LogP contribution in [0.2, 0.25) is 0 Å². The van der Waals surface area contributed by atoms with Crippen molar-refractivity contribution in [3.8, 4) is 0 Å². The lowest BCUT2D eigenvalue weighted by molar-refractivity contribution is -0.151. The van der Waals surface area contributed by atoms with Crippen LogP contribution in [-0.2, 0) is 9.59 Å². The highest BCUT2D eigenvalue weighted by Gasteiger charge is 2.45. The molecule has 3 rings (SSSR count). The van der Waals surface area contributed by atoms with E-state index in [1.165, 1.54) is 12.8 Å². The van der Waals surface area contributed by atoms with Gasteiger partial charge in [0.05, 0.1) is 6.04 Å². The minimum Gasteiger partial charge on any atom is -0.480 e. The lowest BCUT2D eigenvalue weighted by Gasteiger charge is -2.31. The van der Waals surface area contributed by atoms with Crippen molar-refractivity contribution in [2.45, 2.75) is 57.0 Å². The highest BCUT2D eigenvalue weighted by atomic mass is 16.4. The van der Waals surface area contributed by atoms with E-state index in [2.05, 4.69) is 5.32 Å². The van der Waals surface area contributed by atoms with Gasteiger partial charge in [-0.3, -0.25) is 4.79 Å². The van der Waals surface area contributed by atoms with Crippen LogP contribution < -0.4 is 5.32 Å². The fourth-order valence-electron chi connectivity index (χ4n) is 4.27. The van der Waals surface area contributed by atoms with Crippen LogP contribution in [0, 0.1) is 11.8 Å². The molecule has 20 heavy (non-hydrogen) atoms. The number of nitrogens with one attached hydrogen (secondary N) is 1. The number of hydrogen-bond donors (Lipinski definition) is 2. The van der Waals surface area contributed by atoms with Crippen molar-refractivity contribution >= 4 is 11.9 Å². The molecule has 2 aliphatic heterocycles. The summed E-state index contributed by atoms with van der Waals surface area (Å²) in [5.41, 5.74) is 0. The zero-order valence-electron chi connectivity index (χ0n) is 11.9. The molecule has 1 amide bonds. The van der Waals surface area contributed by atoms with Crippen LogP contribution in [0.1, 0.15) is 44.9 Å². The van der Waals surface area contributed by atoms with Crippen LogP contribution in [0.5, 0.6) is 0 Å². The van der Waals surface area contributed by atoms with Crippen LogP contribution in [-0.4, -0.2) is 47.1 Å². The molecular formula is C15H24N2O3. The molecule has 3 aliphatic rings. The summed E-state index contributed by atoms with van der Waals surface area (Å²) in [6.07, 6.45) is 6.99. The molecule has 0 aromatic rings. The number of carbonyl (C=O) groups excluding carboxylic acids is 1. The van der Waals surface area contributed by atoms with Crippen LogP contribution in [0.3, 0.4) is 0 Å². The minimum absolute atomic E-state index is 0.0358. The molecule has 0 bridgehead atoms. The van der Waals surface area contributed by atoms with E-state index in [4.69, 9.17) is 0 Å². The molecule has 1 saturated carbocycles. The second kappa shape index (κ2) is 5.72. The molecule has 0 aromatic heterocycles.